The lowest BCUT2D eigenvalue weighted by molar-refractivity contribution is 0.0227. The van der Waals surface area contributed by atoms with E-state index in [9.17, 15) is 5.11 Å². The lowest BCUT2D eigenvalue weighted by Gasteiger charge is -2.29. The summed E-state index contributed by atoms with van der Waals surface area (Å²) in [5.41, 5.74) is -0.437. The van der Waals surface area contributed by atoms with Gasteiger partial charge in [-0.1, -0.05) is 25.7 Å². The third-order valence-corrected chi connectivity index (χ3v) is 4.61. The van der Waals surface area contributed by atoms with Crippen LogP contribution < -0.4 is 10.6 Å². The molecule has 0 aromatic rings. The molecule has 18 heavy (non-hydrogen) atoms. The Balaban J connectivity index is 1.68. The van der Waals surface area contributed by atoms with E-state index in [4.69, 9.17) is 0 Å². The summed E-state index contributed by atoms with van der Waals surface area (Å²) in [7, 11) is 0. The van der Waals surface area contributed by atoms with E-state index in [1.807, 2.05) is 0 Å². The van der Waals surface area contributed by atoms with Gasteiger partial charge in [0.1, 0.15) is 0 Å². The zero-order chi connectivity index (χ0) is 12.8. The number of hydrogen-bond acceptors (Lipinski definition) is 3. The highest BCUT2D eigenvalue weighted by molar-refractivity contribution is 4.85. The van der Waals surface area contributed by atoms with Crippen molar-refractivity contribution in [1.82, 2.24) is 10.6 Å². The molecule has 3 heteroatoms. The average molecular weight is 254 g/mol. The van der Waals surface area contributed by atoms with Crippen LogP contribution in [-0.4, -0.2) is 35.9 Å². The van der Waals surface area contributed by atoms with Crippen LogP contribution in [0.15, 0.2) is 0 Å². The summed E-state index contributed by atoms with van der Waals surface area (Å²) in [5, 5.41) is 17.7. The zero-order valence-corrected chi connectivity index (χ0v) is 11.9. The van der Waals surface area contributed by atoms with E-state index in [1.54, 1.807) is 0 Å². The van der Waals surface area contributed by atoms with Gasteiger partial charge in [0.2, 0.25) is 0 Å². The summed E-state index contributed by atoms with van der Waals surface area (Å²) in [6, 6.07) is 1.20. The first-order chi connectivity index (χ1) is 8.68. The van der Waals surface area contributed by atoms with Crippen molar-refractivity contribution >= 4 is 0 Å². The molecule has 1 aliphatic carbocycles. The Bertz CT molecular complexity index is 231. The van der Waals surface area contributed by atoms with Crippen LogP contribution in [0.4, 0.5) is 0 Å². The zero-order valence-electron chi connectivity index (χ0n) is 11.9. The Labute approximate surface area is 112 Å². The maximum atomic E-state index is 10.6. The summed E-state index contributed by atoms with van der Waals surface area (Å²) < 4.78 is 0. The largest absolute Gasteiger partial charge is 0.389 e. The molecular formula is C15H30N2O. The van der Waals surface area contributed by atoms with Crippen LogP contribution in [0.5, 0.6) is 0 Å². The highest BCUT2D eigenvalue weighted by Gasteiger charge is 2.28. The standard InChI is InChI=1S/C15H30N2O/c1-13(11-14-7-6-10-16-14)17-12-15(18)8-4-2-3-5-9-15/h13-14,16-18H,2-12H2,1H3. The molecule has 0 amide bonds. The van der Waals surface area contributed by atoms with Gasteiger partial charge in [-0.15, -0.1) is 0 Å². The first-order valence-corrected chi connectivity index (χ1v) is 7.87. The van der Waals surface area contributed by atoms with Crippen molar-refractivity contribution in [2.45, 2.75) is 82.4 Å². The Hall–Kier alpha value is -0.120. The van der Waals surface area contributed by atoms with E-state index in [0.29, 0.717) is 12.1 Å². The fourth-order valence-electron chi connectivity index (χ4n) is 3.40. The van der Waals surface area contributed by atoms with Crippen LogP contribution in [0.1, 0.15) is 64.7 Å². The van der Waals surface area contributed by atoms with Crippen molar-refractivity contribution in [1.29, 1.82) is 0 Å². The van der Waals surface area contributed by atoms with Gasteiger partial charge >= 0.3 is 0 Å². The Morgan fingerprint density at radius 3 is 2.56 bits per heavy atom. The lowest BCUT2D eigenvalue weighted by atomic mass is 9.94. The van der Waals surface area contributed by atoms with Crippen LogP contribution in [0.3, 0.4) is 0 Å². The molecule has 0 aromatic carbocycles. The number of aliphatic hydroxyl groups is 1. The molecule has 0 radical (unpaired) electrons. The van der Waals surface area contributed by atoms with Gasteiger partial charge in [0.15, 0.2) is 0 Å². The predicted octanol–water partition coefficient (Wildman–Crippen LogP) is 2.19. The maximum absolute atomic E-state index is 10.6. The van der Waals surface area contributed by atoms with Crippen molar-refractivity contribution in [2.75, 3.05) is 13.1 Å². The summed E-state index contributed by atoms with van der Waals surface area (Å²) >= 11 is 0. The molecule has 1 heterocycles. The average Bonchev–Trinajstić information content (AvgIpc) is 2.75. The molecule has 1 saturated carbocycles. The lowest BCUT2D eigenvalue weighted by Crippen LogP contribution is -2.44. The van der Waals surface area contributed by atoms with E-state index in [0.717, 1.165) is 19.4 Å². The fourth-order valence-corrected chi connectivity index (χ4v) is 3.40. The van der Waals surface area contributed by atoms with E-state index in [1.165, 1.54) is 51.5 Å². The van der Waals surface area contributed by atoms with Gasteiger partial charge in [0.25, 0.3) is 0 Å². The monoisotopic (exact) mass is 254 g/mol. The molecule has 2 rings (SSSR count). The van der Waals surface area contributed by atoms with Crippen molar-refractivity contribution < 1.29 is 5.11 Å². The van der Waals surface area contributed by atoms with Gasteiger partial charge in [0.05, 0.1) is 5.60 Å². The Morgan fingerprint density at radius 2 is 1.94 bits per heavy atom. The van der Waals surface area contributed by atoms with E-state index in [2.05, 4.69) is 17.6 Å². The molecule has 106 valence electrons. The molecule has 1 saturated heterocycles. The highest BCUT2D eigenvalue weighted by atomic mass is 16.3. The Morgan fingerprint density at radius 1 is 1.22 bits per heavy atom. The highest BCUT2D eigenvalue weighted by Crippen LogP contribution is 2.26. The summed E-state index contributed by atoms with van der Waals surface area (Å²) in [4.78, 5) is 0. The van der Waals surface area contributed by atoms with Crippen LogP contribution in [0.25, 0.3) is 0 Å². The van der Waals surface area contributed by atoms with E-state index < -0.39 is 5.60 Å². The molecule has 2 unspecified atom stereocenters. The second-order valence-corrected chi connectivity index (χ2v) is 6.45. The quantitative estimate of drug-likeness (QED) is 0.659. The van der Waals surface area contributed by atoms with Gasteiger partial charge in [-0.2, -0.15) is 0 Å². The molecule has 0 aromatic heterocycles. The SMILES string of the molecule is CC(CC1CCCN1)NCC1(O)CCCCCC1. The normalized spacial score (nSPS) is 30.0. The molecule has 3 N–H and O–H groups in total. The van der Waals surface area contributed by atoms with Gasteiger partial charge in [0, 0.05) is 18.6 Å². The first kappa shape index (κ1) is 14.3. The van der Waals surface area contributed by atoms with E-state index in [-0.39, 0.29) is 0 Å². The van der Waals surface area contributed by atoms with Crippen molar-refractivity contribution in [3.63, 3.8) is 0 Å². The van der Waals surface area contributed by atoms with Crippen molar-refractivity contribution in [3.8, 4) is 0 Å². The van der Waals surface area contributed by atoms with Gasteiger partial charge in [-0.3, -0.25) is 0 Å². The predicted molar refractivity (Wildman–Crippen MR) is 75.8 cm³/mol. The topological polar surface area (TPSA) is 44.3 Å². The van der Waals surface area contributed by atoms with Gasteiger partial charge in [-0.25, -0.2) is 0 Å². The third kappa shape index (κ3) is 4.52. The summed E-state index contributed by atoms with van der Waals surface area (Å²) in [5.74, 6) is 0. The van der Waals surface area contributed by atoms with E-state index >= 15 is 0 Å². The summed E-state index contributed by atoms with van der Waals surface area (Å²) in [6.45, 7) is 4.21. The van der Waals surface area contributed by atoms with Gasteiger partial charge < -0.3 is 15.7 Å². The number of nitrogens with one attached hydrogen (secondary N) is 2. The first-order valence-electron chi connectivity index (χ1n) is 7.87. The fraction of sp³-hybridized carbons (Fsp3) is 1.00. The minimum absolute atomic E-state index is 0.437. The molecular weight excluding hydrogens is 224 g/mol. The minimum atomic E-state index is -0.437. The molecule has 2 fully saturated rings. The molecule has 3 nitrogen and oxygen atoms in total. The molecule has 1 aliphatic heterocycles. The molecule has 2 atom stereocenters. The van der Waals surface area contributed by atoms with Gasteiger partial charge in [-0.05, 0) is 45.6 Å². The smallest absolute Gasteiger partial charge is 0.0771 e. The Kier molecular flexibility index (Phi) is 5.46. The second kappa shape index (κ2) is 6.88. The van der Waals surface area contributed by atoms with Crippen molar-refractivity contribution in [3.05, 3.63) is 0 Å². The number of rotatable bonds is 5. The minimum Gasteiger partial charge on any atom is -0.389 e. The van der Waals surface area contributed by atoms with Crippen LogP contribution >= 0.6 is 0 Å². The third-order valence-electron chi connectivity index (χ3n) is 4.61. The summed E-state index contributed by atoms with van der Waals surface area (Å²) in [6.07, 6.45) is 10.8. The second-order valence-electron chi connectivity index (χ2n) is 6.45. The number of hydrogen-bond donors (Lipinski definition) is 3. The van der Waals surface area contributed by atoms with Crippen molar-refractivity contribution in [2.24, 2.45) is 0 Å². The van der Waals surface area contributed by atoms with Crippen LogP contribution in [0, 0.1) is 0 Å². The van der Waals surface area contributed by atoms with Crippen LogP contribution in [-0.2, 0) is 0 Å². The van der Waals surface area contributed by atoms with Crippen LogP contribution in [0.2, 0.25) is 0 Å². The molecule has 0 bridgehead atoms. The molecule has 2 aliphatic rings. The maximum Gasteiger partial charge on any atom is 0.0771 e. The molecule has 0 spiro atoms.